The number of pyridine rings is 1. The van der Waals surface area contributed by atoms with Gasteiger partial charge in [-0.2, -0.15) is 0 Å². The molecule has 2 aromatic carbocycles. The Morgan fingerprint density at radius 3 is 2.71 bits per heavy atom. The van der Waals surface area contributed by atoms with E-state index in [1.807, 2.05) is 37.3 Å². The van der Waals surface area contributed by atoms with Crippen LogP contribution in [0.4, 0.5) is 4.39 Å². The Morgan fingerprint density at radius 1 is 1.07 bits per heavy atom. The van der Waals surface area contributed by atoms with Crippen LogP contribution in [0.5, 0.6) is 0 Å². The van der Waals surface area contributed by atoms with E-state index < -0.39 is 0 Å². The van der Waals surface area contributed by atoms with E-state index in [2.05, 4.69) is 14.5 Å². The van der Waals surface area contributed by atoms with Crippen LogP contribution in [0.3, 0.4) is 0 Å². The maximum atomic E-state index is 13.6. The first-order valence-corrected chi connectivity index (χ1v) is 9.59. The lowest BCUT2D eigenvalue weighted by molar-refractivity contribution is 0.628. The summed E-state index contributed by atoms with van der Waals surface area (Å²) in [6.07, 6.45) is 3.50. The molecule has 7 heteroatoms. The van der Waals surface area contributed by atoms with Crippen molar-refractivity contribution in [2.75, 3.05) is 0 Å². The Bertz CT molecular complexity index is 1380. The molecule has 0 radical (unpaired) electrons. The van der Waals surface area contributed by atoms with E-state index in [1.165, 1.54) is 12.1 Å². The van der Waals surface area contributed by atoms with E-state index in [9.17, 15) is 9.18 Å². The number of hydrogen-bond donors (Lipinski definition) is 0. The molecule has 5 nitrogen and oxygen atoms in total. The molecular formula is C21H15FN4OS. The van der Waals surface area contributed by atoms with Crippen LogP contribution in [0.25, 0.3) is 26.9 Å². The predicted octanol–water partition coefficient (Wildman–Crippen LogP) is 4.29. The molecule has 3 aromatic heterocycles. The first-order valence-electron chi connectivity index (χ1n) is 8.77. The molecule has 28 heavy (non-hydrogen) atoms. The van der Waals surface area contributed by atoms with Crippen molar-refractivity contribution in [1.29, 1.82) is 0 Å². The van der Waals surface area contributed by atoms with Crippen LogP contribution in [0.15, 0.2) is 65.7 Å². The van der Waals surface area contributed by atoms with Gasteiger partial charge < -0.3 is 0 Å². The Hall–Kier alpha value is -3.32. The number of hydrogen-bond acceptors (Lipinski definition) is 4. The third kappa shape index (κ3) is 2.71. The van der Waals surface area contributed by atoms with E-state index in [0.717, 1.165) is 44.1 Å². The second-order valence-corrected chi connectivity index (χ2v) is 7.58. The van der Waals surface area contributed by atoms with Gasteiger partial charge in [0.05, 0.1) is 28.5 Å². The average molecular weight is 390 g/mol. The highest BCUT2D eigenvalue weighted by Crippen LogP contribution is 2.22. The lowest BCUT2D eigenvalue weighted by Gasteiger charge is -2.09. The molecule has 0 spiro atoms. The van der Waals surface area contributed by atoms with Gasteiger partial charge in [-0.1, -0.05) is 23.5 Å². The fourth-order valence-corrected chi connectivity index (χ4v) is 4.37. The highest BCUT2D eigenvalue weighted by atomic mass is 32.1. The van der Waals surface area contributed by atoms with Crippen LogP contribution in [-0.4, -0.2) is 19.1 Å². The van der Waals surface area contributed by atoms with E-state index in [-0.39, 0.29) is 10.7 Å². The topological polar surface area (TPSA) is 52.7 Å². The highest BCUT2D eigenvalue weighted by molar-refractivity contribution is 7.16. The molecule has 0 fully saturated rings. The quantitative estimate of drug-likeness (QED) is 0.462. The summed E-state index contributed by atoms with van der Waals surface area (Å²) in [5, 5.41) is 0. The molecule has 5 rings (SSSR count). The fourth-order valence-electron chi connectivity index (χ4n) is 3.50. The SMILES string of the molecule is Cc1nc2cnccc2n1-c1ccc(Cn2c(=O)sc3ccc(F)cc32)cc1. The van der Waals surface area contributed by atoms with Crippen molar-refractivity contribution in [2.45, 2.75) is 13.5 Å². The number of fused-ring (bicyclic) bond motifs is 2. The lowest BCUT2D eigenvalue weighted by Crippen LogP contribution is -2.13. The molecule has 0 saturated carbocycles. The van der Waals surface area contributed by atoms with E-state index in [4.69, 9.17) is 0 Å². The van der Waals surface area contributed by atoms with Crippen LogP contribution in [-0.2, 0) is 6.54 Å². The molecule has 0 bridgehead atoms. The second-order valence-electron chi connectivity index (χ2n) is 6.59. The van der Waals surface area contributed by atoms with Crippen molar-refractivity contribution in [3.05, 3.63) is 87.8 Å². The van der Waals surface area contributed by atoms with Gasteiger partial charge in [0.1, 0.15) is 17.2 Å². The molecule has 0 aliphatic carbocycles. The van der Waals surface area contributed by atoms with Gasteiger partial charge in [0.15, 0.2) is 0 Å². The maximum Gasteiger partial charge on any atom is 0.308 e. The number of rotatable bonds is 3. The Morgan fingerprint density at radius 2 is 1.89 bits per heavy atom. The second kappa shape index (κ2) is 6.38. The summed E-state index contributed by atoms with van der Waals surface area (Å²) in [7, 11) is 0. The summed E-state index contributed by atoms with van der Waals surface area (Å²) in [6, 6.07) is 14.4. The Kier molecular flexibility index (Phi) is 3.84. The highest BCUT2D eigenvalue weighted by Gasteiger charge is 2.11. The summed E-state index contributed by atoms with van der Waals surface area (Å²) in [4.78, 5) is 20.9. The van der Waals surface area contributed by atoms with Crippen LogP contribution >= 0.6 is 11.3 Å². The minimum Gasteiger partial charge on any atom is -0.296 e. The molecule has 0 N–H and O–H groups in total. The molecule has 0 unspecified atom stereocenters. The predicted molar refractivity (Wildman–Crippen MR) is 109 cm³/mol. The number of aromatic nitrogens is 4. The fraction of sp³-hybridized carbons (Fsp3) is 0.0952. The van der Waals surface area contributed by atoms with Gasteiger partial charge in [0.25, 0.3) is 0 Å². The molecule has 138 valence electrons. The minimum absolute atomic E-state index is 0.0892. The van der Waals surface area contributed by atoms with Crippen molar-refractivity contribution in [2.24, 2.45) is 0 Å². The van der Waals surface area contributed by atoms with Crippen LogP contribution in [0, 0.1) is 12.7 Å². The van der Waals surface area contributed by atoms with Crippen LogP contribution in [0.1, 0.15) is 11.4 Å². The van der Waals surface area contributed by atoms with Crippen LogP contribution in [0.2, 0.25) is 0 Å². The van der Waals surface area contributed by atoms with Gasteiger partial charge in [0.2, 0.25) is 0 Å². The zero-order valence-corrected chi connectivity index (χ0v) is 15.8. The summed E-state index contributed by atoms with van der Waals surface area (Å²) >= 11 is 1.13. The van der Waals surface area contributed by atoms with Crippen LogP contribution < -0.4 is 4.87 Å². The third-order valence-corrected chi connectivity index (χ3v) is 5.75. The molecule has 0 amide bonds. The number of benzene rings is 2. The monoisotopic (exact) mass is 390 g/mol. The number of aryl methyl sites for hydroxylation is 1. The standard InChI is InChI=1S/C21H15FN4OS/c1-13-24-17-11-23-9-8-18(17)26(13)16-5-2-14(3-6-16)12-25-19-10-15(22)4-7-20(19)28-21(25)27/h2-11H,12H2,1H3. The van der Waals surface area contributed by atoms with Gasteiger partial charge in [-0.25, -0.2) is 9.37 Å². The van der Waals surface area contributed by atoms with E-state index in [1.54, 1.807) is 23.0 Å². The van der Waals surface area contributed by atoms with E-state index in [0.29, 0.717) is 12.1 Å². The first-order chi connectivity index (χ1) is 13.6. The van der Waals surface area contributed by atoms with Gasteiger partial charge in [-0.3, -0.25) is 18.9 Å². The zero-order valence-electron chi connectivity index (χ0n) is 15.0. The number of imidazole rings is 1. The zero-order chi connectivity index (χ0) is 19.3. The van der Waals surface area contributed by atoms with Crippen molar-refractivity contribution in [3.8, 4) is 5.69 Å². The summed E-state index contributed by atoms with van der Waals surface area (Å²) in [5.41, 5.74) is 4.43. The third-order valence-electron chi connectivity index (χ3n) is 4.79. The lowest BCUT2D eigenvalue weighted by atomic mass is 10.2. The van der Waals surface area contributed by atoms with Crippen molar-refractivity contribution < 1.29 is 4.39 Å². The molecule has 0 atom stereocenters. The molecular weight excluding hydrogens is 375 g/mol. The summed E-state index contributed by atoms with van der Waals surface area (Å²) < 4.78 is 18.1. The summed E-state index contributed by atoms with van der Waals surface area (Å²) in [6.45, 7) is 2.36. The largest absolute Gasteiger partial charge is 0.308 e. The van der Waals surface area contributed by atoms with Gasteiger partial charge in [-0.05, 0) is 48.9 Å². The maximum absolute atomic E-state index is 13.6. The Labute approximate surface area is 163 Å². The first kappa shape index (κ1) is 16.8. The number of halogens is 1. The van der Waals surface area contributed by atoms with Gasteiger partial charge in [-0.15, -0.1) is 0 Å². The molecule has 0 aliphatic heterocycles. The molecule has 0 aliphatic rings. The normalized spacial score (nSPS) is 11.5. The Balaban J connectivity index is 1.53. The van der Waals surface area contributed by atoms with Gasteiger partial charge in [0, 0.05) is 11.9 Å². The smallest absolute Gasteiger partial charge is 0.296 e. The van der Waals surface area contributed by atoms with Crippen molar-refractivity contribution >= 4 is 32.6 Å². The number of thiazole rings is 1. The van der Waals surface area contributed by atoms with Crippen molar-refractivity contribution in [1.82, 2.24) is 19.1 Å². The average Bonchev–Trinajstić information content (AvgIpc) is 3.18. The molecule has 0 saturated heterocycles. The van der Waals surface area contributed by atoms with Gasteiger partial charge >= 0.3 is 4.87 Å². The molecule has 5 aromatic rings. The number of nitrogens with zero attached hydrogens (tertiary/aromatic N) is 4. The molecule has 3 heterocycles. The summed E-state index contributed by atoms with van der Waals surface area (Å²) in [5.74, 6) is 0.539. The minimum atomic E-state index is -0.341. The van der Waals surface area contributed by atoms with E-state index >= 15 is 0 Å². The van der Waals surface area contributed by atoms with Crippen molar-refractivity contribution in [3.63, 3.8) is 0 Å².